The number of rotatable bonds is 5. The van der Waals surface area contributed by atoms with E-state index >= 15 is 0 Å². The van der Waals surface area contributed by atoms with Crippen LogP contribution in [0.4, 0.5) is 0 Å². The maximum absolute atomic E-state index is 12.3. The first kappa shape index (κ1) is 14.4. The van der Waals surface area contributed by atoms with Crippen LogP contribution in [0, 0.1) is 0 Å². The molecule has 0 unspecified atom stereocenters. The molecule has 1 fully saturated rings. The van der Waals surface area contributed by atoms with Crippen LogP contribution < -0.4 is 14.8 Å². The molecule has 1 aromatic heterocycles. The third kappa shape index (κ3) is 2.62. The maximum Gasteiger partial charge on any atom is 0.253 e. The van der Waals surface area contributed by atoms with E-state index in [1.54, 1.807) is 38.7 Å². The molecule has 5 nitrogen and oxygen atoms in total. The summed E-state index contributed by atoms with van der Waals surface area (Å²) >= 11 is 0. The van der Waals surface area contributed by atoms with Crippen molar-refractivity contribution >= 4 is 5.91 Å². The predicted molar refractivity (Wildman–Crippen MR) is 82.2 cm³/mol. The Morgan fingerprint density at radius 1 is 1.18 bits per heavy atom. The van der Waals surface area contributed by atoms with E-state index in [2.05, 4.69) is 10.3 Å². The summed E-state index contributed by atoms with van der Waals surface area (Å²) in [5.74, 6) is 1.24. The van der Waals surface area contributed by atoms with Crippen LogP contribution in [0.1, 0.15) is 28.8 Å². The zero-order valence-corrected chi connectivity index (χ0v) is 12.6. The molecule has 1 amide bonds. The van der Waals surface area contributed by atoms with E-state index in [0.29, 0.717) is 17.1 Å². The van der Waals surface area contributed by atoms with Gasteiger partial charge < -0.3 is 14.8 Å². The van der Waals surface area contributed by atoms with Crippen LogP contribution in [-0.2, 0) is 5.54 Å². The second kappa shape index (κ2) is 5.67. The minimum atomic E-state index is -0.313. The summed E-state index contributed by atoms with van der Waals surface area (Å²) in [6, 6.07) is 9.27. The summed E-state index contributed by atoms with van der Waals surface area (Å²) in [5.41, 5.74) is 1.28. The molecule has 0 bridgehead atoms. The Kier molecular flexibility index (Phi) is 3.71. The molecule has 1 aliphatic carbocycles. The highest BCUT2D eigenvalue weighted by Crippen LogP contribution is 2.47. The molecule has 0 radical (unpaired) electrons. The molecule has 1 N–H and O–H groups in total. The van der Waals surface area contributed by atoms with E-state index in [4.69, 9.17) is 9.47 Å². The number of pyridine rings is 1. The second-order valence-electron chi connectivity index (χ2n) is 5.35. The minimum Gasteiger partial charge on any atom is -0.493 e. The van der Waals surface area contributed by atoms with Crippen molar-refractivity contribution in [3.8, 4) is 11.5 Å². The first-order valence-electron chi connectivity index (χ1n) is 7.13. The highest BCUT2D eigenvalue weighted by atomic mass is 16.5. The van der Waals surface area contributed by atoms with E-state index in [1.165, 1.54) is 0 Å². The van der Waals surface area contributed by atoms with Crippen LogP contribution in [0.3, 0.4) is 0 Å². The Hall–Kier alpha value is -2.56. The summed E-state index contributed by atoms with van der Waals surface area (Å²) in [6.07, 6.45) is 5.04. The fourth-order valence-electron chi connectivity index (χ4n) is 2.53. The van der Waals surface area contributed by atoms with Crippen LogP contribution in [-0.4, -0.2) is 25.1 Å². The molecule has 1 heterocycles. The Bertz CT molecular complexity index is 682. The number of amides is 1. The van der Waals surface area contributed by atoms with Crippen molar-refractivity contribution in [2.24, 2.45) is 0 Å². The summed E-state index contributed by atoms with van der Waals surface area (Å²) in [6.45, 7) is 0. The summed E-state index contributed by atoms with van der Waals surface area (Å²) in [7, 11) is 3.21. The first-order valence-corrected chi connectivity index (χ1v) is 7.13. The van der Waals surface area contributed by atoms with Crippen LogP contribution in [0.15, 0.2) is 42.7 Å². The quantitative estimate of drug-likeness (QED) is 0.921. The van der Waals surface area contributed by atoms with E-state index in [-0.39, 0.29) is 11.4 Å². The number of carbonyl (C=O) groups excluding carboxylic acids is 1. The molecule has 1 aliphatic rings. The molecular formula is C17H18N2O3. The Balaban J connectivity index is 1.83. The van der Waals surface area contributed by atoms with Gasteiger partial charge in [-0.2, -0.15) is 0 Å². The number of nitrogens with one attached hydrogen (secondary N) is 1. The van der Waals surface area contributed by atoms with Gasteiger partial charge in [0.15, 0.2) is 11.5 Å². The minimum absolute atomic E-state index is 0.111. The average Bonchev–Trinajstić information content (AvgIpc) is 3.35. The monoisotopic (exact) mass is 298 g/mol. The number of nitrogens with zero attached hydrogens (tertiary/aromatic N) is 1. The molecule has 2 aromatic rings. The normalized spacial score (nSPS) is 15.0. The third-order valence-electron chi connectivity index (χ3n) is 3.96. The van der Waals surface area contributed by atoms with Crippen molar-refractivity contribution in [3.05, 3.63) is 53.9 Å². The van der Waals surface area contributed by atoms with Crippen molar-refractivity contribution < 1.29 is 14.3 Å². The molecule has 0 spiro atoms. The zero-order valence-electron chi connectivity index (χ0n) is 12.6. The lowest BCUT2D eigenvalue weighted by Crippen LogP contribution is -2.34. The van der Waals surface area contributed by atoms with Crippen molar-refractivity contribution in [2.75, 3.05) is 14.2 Å². The standard InChI is InChI=1S/C17H18N2O3/c1-21-14-6-5-13(10-15(14)22-2)17(7-8-17)19-16(20)12-4-3-9-18-11-12/h3-6,9-11H,7-8H2,1-2H3,(H,19,20). The Labute approximate surface area is 129 Å². The van der Waals surface area contributed by atoms with Gasteiger partial charge in [-0.1, -0.05) is 6.07 Å². The Morgan fingerprint density at radius 2 is 1.95 bits per heavy atom. The van der Waals surface area contributed by atoms with Gasteiger partial charge in [0.25, 0.3) is 5.91 Å². The lowest BCUT2D eigenvalue weighted by atomic mass is 10.0. The molecule has 0 saturated heterocycles. The van der Waals surface area contributed by atoms with E-state index < -0.39 is 0 Å². The van der Waals surface area contributed by atoms with Crippen molar-refractivity contribution in [2.45, 2.75) is 18.4 Å². The molecule has 1 aromatic carbocycles. The number of hydrogen-bond acceptors (Lipinski definition) is 4. The molecule has 3 rings (SSSR count). The van der Waals surface area contributed by atoms with Crippen molar-refractivity contribution in [1.82, 2.24) is 10.3 Å². The van der Waals surface area contributed by atoms with Gasteiger partial charge in [-0.15, -0.1) is 0 Å². The van der Waals surface area contributed by atoms with Gasteiger partial charge in [0.1, 0.15) is 0 Å². The fourth-order valence-corrected chi connectivity index (χ4v) is 2.53. The van der Waals surface area contributed by atoms with Gasteiger partial charge in [0.2, 0.25) is 0 Å². The lowest BCUT2D eigenvalue weighted by Gasteiger charge is -2.19. The summed E-state index contributed by atoms with van der Waals surface area (Å²) < 4.78 is 10.6. The topological polar surface area (TPSA) is 60.5 Å². The summed E-state index contributed by atoms with van der Waals surface area (Å²) in [5, 5.41) is 3.11. The van der Waals surface area contributed by atoms with E-state index in [0.717, 1.165) is 18.4 Å². The van der Waals surface area contributed by atoms with Crippen LogP contribution in [0.2, 0.25) is 0 Å². The number of ether oxygens (including phenoxy) is 2. The SMILES string of the molecule is COc1ccc(C2(NC(=O)c3cccnc3)CC2)cc1OC. The van der Waals surface area contributed by atoms with Crippen LogP contribution >= 0.6 is 0 Å². The van der Waals surface area contributed by atoms with E-state index in [9.17, 15) is 4.79 Å². The molecule has 0 aliphatic heterocycles. The second-order valence-corrected chi connectivity index (χ2v) is 5.35. The highest BCUT2D eigenvalue weighted by molar-refractivity contribution is 5.94. The zero-order chi connectivity index (χ0) is 15.6. The number of methoxy groups -OCH3 is 2. The van der Waals surface area contributed by atoms with Crippen LogP contribution in [0.25, 0.3) is 0 Å². The molecule has 0 atom stereocenters. The molecule has 114 valence electrons. The summed E-state index contributed by atoms with van der Waals surface area (Å²) in [4.78, 5) is 16.3. The van der Waals surface area contributed by atoms with Gasteiger partial charge >= 0.3 is 0 Å². The van der Waals surface area contributed by atoms with Gasteiger partial charge in [0, 0.05) is 12.4 Å². The fraction of sp³-hybridized carbons (Fsp3) is 0.294. The lowest BCUT2D eigenvalue weighted by molar-refractivity contribution is 0.0930. The highest BCUT2D eigenvalue weighted by Gasteiger charge is 2.46. The first-order chi connectivity index (χ1) is 10.7. The largest absolute Gasteiger partial charge is 0.493 e. The van der Waals surface area contributed by atoms with E-state index in [1.807, 2.05) is 18.2 Å². The number of benzene rings is 1. The Morgan fingerprint density at radius 3 is 2.55 bits per heavy atom. The molecule has 22 heavy (non-hydrogen) atoms. The molecular weight excluding hydrogens is 280 g/mol. The van der Waals surface area contributed by atoms with Crippen molar-refractivity contribution in [1.29, 1.82) is 0 Å². The number of carbonyl (C=O) groups is 1. The maximum atomic E-state index is 12.3. The van der Waals surface area contributed by atoms with Gasteiger partial charge in [-0.25, -0.2) is 0 Å². The van der Waals surface area contributed by atoms with Gasteiger partial charge in [-0.05, 0) is 42.7 Å². The third-order valence-corrected chi connectivity index (χ3v) is 3.96. The smallest absolute Gasteiger partial charge is 0.253 e. The predicted octanol–water partition coefficient (Wildman–Crippen LogP) is 2.52. The van der Waals surface area contributed by atoms with Crippen molar-refractivity contribution in [3.63, 3.8) is 0 Å². The number of hydrogen-bond donors (Lipinski definition) is 1. The van der Waals surface area contributed by atoms with Gasteiger partial charge in [-0.3, -0.25) is 9.78 Å². The average molecular weight is 298 g/mol. The molecule has 1 saturated carbocycles. The number of aromatic nitrogens is 1. The van der Waals surface area contributed by atoms with Crippen LogP contribution in [0.5, 0.6) is 11.5 Å². The molecule has 5 heteroatoms. The van der Waals surface area contributed by atoms with Gasteiger partial charge in [0.05, 0.1) is 25.3 Å².